The molecular formula is C17H25N3O2. The van der Waals surface area contributed by atoms with E-state index in [1.165, 1.54) is 0 Å². The molecule has 1 amide bonds. The van der Waals surface area contributed by atoms with Crippen molar-refractivity contribution in [1.29, 1.82) is 5.41 Å². The summed E-state index contributed by atoms with van der Waals surface area (Å²) in [7, 11) is 0. The van der Waals surface area contributed by atoms with E-state index in [2.05, 4.69) is 10.3 Å². The Bertz CT molecular complexity index is 557. The second-order valence-electron chi connectivity index (χ2n) is 7.85. The van der Waals surface area contributed by atoms with Crippen LogP contribution in [0.4, 0.5) is 4.79 Å². The van der Waals surface area contributed by atoms with Gasteiger partial charge in [-0.1, -0.05) is 0 Å². The third kappa shape index (κ3) is 3.03. The van der Waals surface area contributed by atoms with Crippen molar-refractivity contribution in [1.82, 2.24) is 10.3 Å². The molecule has 1 heterocycles. The predicted octanol–water partition coefficient (Wildman–Crippen LogP) is 3.47. The molecule has 0 bridgehead atoms. The molecule has 22 heavy (non-hydrogen) atoms. The Hall–Kier alpha value is -1.78. The van der Waals surface area contributed by atoms with Gasteiger partial charge in [0.25, 0.3) is 0 Å². The molecule has 0 atom stereocenters. The first-order chi connectivity index (χ1) is 10.3. The standard InChI is InChI=1S/C17H25N3O2/c1-16(2,3)22-15(21)20-12-9-17(10-12)7-11(8-17)14(18)13-5-4-6-19-13/h4-6,11-12,18-19H,7-10H2,1-3H3,(H,20,21). The first-order valence-electron chi connectivity index (χ1n) is 7.98. The highest BCUT2D eigenvalue weighted by atomic mass is 16.6. The Balaban J connectivity index is 1.42. The zero-order valence-corrected chi connectivity index (χ0v) is 13.5. The molecule has 5 nitrogen and oxygen atoms in total. The van der Waals surface area contributed by atoms with E-state index < -0.39 is 5.60 Å². The number of rotatable bonds is 3. The van der Waals surface area contributed by atoms with Gasteiger partial charge in [-0.2, -0.15) is 0 Å². The van der Waals surface area contributed by atoms with Crippen LogP contribution in [-0.4, -0.2) is 28.4 Å². The molecule has 1 aromatic rings. The van der Waals surface area contributed by atoms with Crippen molar-refractivity contribution in [2.24, 2.45) is 11.3 Å². The van der Waals surface area contributed by atoms with Crippen molar-refractivity contribution in [3.8, 4) is 0 Å². The molecule has 1 spiro atoms. The maximum absolute atomic E-state index is 11.7. The zero-order valence-electron chi connectivity index (χ0n) is 13.5. The van der Waals surface area contributed by atoms with Crippen molar-refractivity contribution >= 4 is 11.8 Å². The van der Waals surface area contributed by atoms with Gasteiger partial charge in [0.1, 0.15) is 5.60 Å². The normalized spacial score (nSPS) is 30.3. The molecule has 2 fully saturated rings. The predicted molar refractivity (Wildman–Crippen MR) is 85.2 cm³/mol. The van der Waals surface area contributed by atoms with E-state index in [-0.39, 0.29) is 12.1 Å². The molecular weight excluding hydrogens is 278 g/mol. The van der Waals surface area contributed by atoms with Crippen LogP contribution in [0.15, 0.2) is 18.3 Å². The summed E-state index contributed by atoms with van der Waals surface area (Å²) in [5.41, 5.74) is 1.56. The lowest BCUT2D eigenvalue weighted by Crippen LogP contribution is -2.57. The second-order valence-corrected chi connectivity index (χ2v) is 7.85. The fraction of sp³-hybridized carbons (Fsp3) is 0.647. The Labute approximate surface area is 131 Å². The van der Waals surface area contributed by atoms with Crippen LogP contribution >= 0.6 is 0 Å². The van der Waals surface area contributed by atoms with Gasteiger partial charge >= 0.3 is 6.09 Å². The average Bonchev–Trinajstić information content (AvgIpc) is 2.80. The van der Waals surface area contributed by atoms with Crippen molar-refractivity contribution < 1.29 is 9.53 Å². The Morgan fingerprint density at radius 1 is 1.36 bits per heavy atom. The molecule has 3 N–H and O–H groups in total. The van der Waals surface area contributed by atoms with Gasteiger partial charge in [-0.25, -0.2) is 4.79 Å². The van der Waals surface area contributed by atoms with E-state index in [1.807, 2.05) is 39.1 Å². The lowest BCUT2D eigenvalue weighted by Gasteiger charge is -2.57. The number of hydrogen-bond donors (Lipinski definition) is 3. The van der Waals surface area contributed by atoms with E-state index >= 15 is 0 Å². The van der Waals surface area contributed by atoms with Gasteiger partial charge in [0.15, 0.2) is 0 Å². The molecule has 0 unspecified atom stereocenters. The first-order valence-corrected chi connectivity index (χ1v) is 7.98. The van der Waals surface area contributed by atoms with E-state index in [0.717, 1.165) is 37.1 Å². The van der Waals surface area contributed by atoms with Crippen molar-refractivity contribution in [2.45, 2.75) is 58.1 Å². The third-order valence-corrected chi connectivity index (χ3v) is 4.73. The number of carbonyl (C=O) groups excluding carboxylic acids is 1. The van der Waals surface area contributed by atoms with Crippen LogP contribution in [0.3, 0.4) is 0 Å². The number of hydrogen-bond acceptors (Lipinski definition) is 3. The first kappa shape index (κ1) is 15.1. The number of ether oxygens (including phenoxy) is 1. The minimum Gasteiger partial charge on any atom is -0.444 e. The summed E-state index contributed by atoms with van der Waals surface area (Å²) in [6, 6.07) is 4.12. The second kappa shape index (κ2) is 5.14. The molecule has 2 aliphatic rings. The van der Waals surface area contributed by atoms with Crippen LogP contribution < -0.4 is 5.32 Å². The summed E-state index contributed by atoms with van der Waals surface area (Å²) in [5, 5.41) is 11.2. The number of carbonyl (C=O) groups is 1. The molecule has 2 aliphatic carbocycles. The molecule has 120 valence electrons. The summed E-state index contributed by atoms with van der Waals surface area (Å²) >= 11 is 0. The monoisotopic (exact) mass is 303 g/mol. The molecule has 0 aliphatic heterocycles. The molecule has 0 aromatic carbocycles. The maximum Gasteiger partial charge on any atom is 0.407 e. The van der Waals surface area contributed by atoms with Crippen LogP contribution in [0.5, 0.6) is 0 Å². The highest BCUT2D eigenvalue weighted by Crippen LogP contribution is 2.59. The number of aromatic amines is 1. The number of aromatic nitrogens is 1. The summed E-state index contributed by atoms with van der Waals surface area (Å²) in [4.78, 5) is 14.8. The van der Waals surface area contributed by atoms with Gasteiger partial charge in [-0.05, 0) is 64.0 Å². The van der Waals surface area contributed by atoms with Gasteiger partial charge in [0.2, 0.25) is 0 Å². The number of amides is 1. The molecule has 1 aromatic heterocycles. The topological polar surface area (TPSA) is 78.0 Å². The van der Waals surface area contributed by atoms with Gasteiger partial charge in [-0.3, -0.25) is 0 Å². The van der Waals surface area contributed by atoms with E-state index in [9.17, 15) is 4.79 Å². The largest absolute Gasteiger partial charge is 0.444 e. The SMILES string of the molecule is CC(C)(C)OC(=O)NC1CC2(C1)CC(C(=N)c1ccc[nH]1)C2. The van der Waals surface area contributed by atoms with E-state index in [1.54, 1.807) is 0 Å². The Morgan fingerprint density at radius 2 is 2.05 bits per heavy atom. The lowest BCUT2D eigenvalue weighted by molar-refractivity contribution is -0.0295. The van der Waals surface area contributed by atoms with Crippen molar-refractivity contribution in [2.75, 3.05) is 0 Å². The van der Waals surface area contributed by atoms with E-state index in [0.29, 0.717) is 11.3 Å². The van der Waals surface area contributed by atoms with Gasteiger partial charge < -0.3 is 20.4 Å². The highest BCUT2D eigenvalue weighted by Gasteiger charge is 2.54. The molecule has 2 saturated carbocycles. The number of H-pyrrole nitrogens is 1. The zero-order chi connectivity index (χ0) is 16.0. The van der Waals surface area contributed by atoms with Gasteiger partial charge in [-0.15, -0.1) is 0 Å². The number of alkyl carbamates (subject to hydrolysis) is 1. The van der Waals surface area contributed by atoms with Crippen molar-refractivity contribution in [3.63, 3.8) is 0 Å². The van der Waals surface area contributed by atoms with E-state index in [4.69, 9.17) is 10.1 Å². The molecule has 5 heteroatoms. The smallest absolute Gasteiger partial charge is 0.407 e. The fourth-order valence-corrected chi connectivity index (χ4v) is 3.80. The van der Waals surface area contributed by atoms with Gasteiger partial charge in [0, 0.05) is 18.2 Å². The summed E-state index contributed by atoms with van der Waals surface area (Å²) < 4.78 is 5.28. The summed E-state index contributed by atoms with van der Waals surface area (Å²) in [6.07, 6.45) is 5.71. The average molecular weight is 303 g/mol. The van der Waals surface area contributed by atoms with Gasteiger partial charge in [0.05, 0.1) is 11.4 Å². The fourth-order valence-electron chi connectivity index (χ4n) is 3.80. The minimum atomic E-state index is -0.446. The Kier molecular flexibility index (Phi) is 3.54. The lowest BCUT2D eigenvalue weighted by atomic mass is 9.49. The van der Waals surface area contributed by atoms with Crippen LogP contribution in [0.2, 0.25) is 0 Å². The Morgan fingerprint density at radius 3 is 2.59 bits per heavy atom. The van der Waals surface area contributed by atoms with Crippen LogP contribution in [0, 0.1) is 16.7 Å². The highest BCUT2D eigenvalue weighted by molar-refractivity contribution is 5.99. The van der Waals surface area contributed by atoms with Crippen LogP contribution in [0.1, 0.15) is 52.1 Å². The molecule has 3 rings (SSSR count). The van der Waals surface area contributed by atoms with Crippen LogP contribution in [-0.2, 0) is 4.74 Å². The molecule has 0 saturated heterocycles. The quantitative estimate of drug-likeness (QED) is 0.748. The number of nitrogens with one attached hydrogen (secondary N) is 3. The minimum absolute atomic E-state index is 0.232. The summed E-state index contributed by atoms with van der Waals surface area (Å²) in [5.74, 6) is 0.362. The summed E-state index contributed by atoms with van der Waals surface area (Å²) in [6.45, 7) is 5.62. The van der Waals surface area contributed by atoms with Crippen LogP contribution in [0.25, 0.3) is 0 Å². The van der Waals surface area contributed by atoms with Crippen molar-refractivity contribution in [3.05, 3.63) is 24.0 Å². The molecule has 0 radical (unpaired) electrons. The maximum atomic E-state index is 11.7. The third-order valence-electron chi connectivity index (χ3n) is 4.73.